The maximum atomic E-state index is 5.85. The van der Waals surface area contributed by atoms with Gasteiger partial charge in [-0.25, -0.2) is 9.97 Å². The highest BCUT2D eigenvalue weighted by atomic mass is 79.9. The van der Waals surface area contributed by atoms with Crippen molar-refractivity contribution in [2.45, 2.75) is 58.0 Å². The molecule has 0 aromatic carbocycles. The molecule has 0 amide bonds. The summed E-state index contributed by atoms with van der Waals surface area (Å²) in [6, 6.07) is 0. The topological polar surface area (TPSA) is 47.0 Å². The van der Waals surface area contributed by atoms with Gasteiger partial charge >= 0.3 is 0 Å². The molecule has 0 aliphatic heterocycles. The molecule has 1 aromatic heterocycles. The number of nitrogens with one attached hydrogen (secondary N) is 1. The molecular formula is C15H24BrN3O. The predicted octanol–water partition coefficient (Wildman–Crippen LogP) is 4.18. The van der Waals surface area contributed by atoms with Crippen LogP contribution in [0.15, 0.2) is 4.47 Å². The van der Waals surface area contributed by atoms with Crippen molar-refractivity contribution in [3.05, 3.63) is 16.0 Å². The Bertz CT molecular complexity index is 459. The minimum absolute atomic E-state index is 0.299. The molecule has 0 radical (unpaired) electrons. The molecule has 1 saturated carbocycles. The van der Waals surface area contributed by atoms with Crippen molar-refractivity contribution >= 4 is 21.7 Å². The summed E-state index contributed by atoms with van der Waals surface area (Å²) < 4.78 is 6.81. The first-order valence-corrected chi connectivity index (χ1v) is 8.26. The second kappa shape index (κ2) is 6.85. The molecule has 4 nitrogen and oxygen atoms in total. The van der Waals surface area contributed by atoms with Gasteiger partial charge in [-0.3, -0.25) is 0 Å². The predicted molar refractivity (Wildman–Crippen MR) is 85.0 cm³/mol. The number of hydrogen-bond acceptors (Lipinski definition) is 4. The van der Waals surface area contributed by atoms with E-state index in [9.17, 15) is 0 Å². The van der Waals surface area contributed by atoms with Crippen LogP contribution in [-0.4, -0.2) is 23.6 Å². The van der Waals surface area contributed by atoms with Gasteiger partial charge in [0.15, 0.2) is 5.82 Å². The number of halogens is 1. The zero-order valence-electron chi connectivity index (χ0n) is 12.6. The van der Waals surface area contributed by atoms with Crippen molar-refractivity contribution in [2.75, 3.05) is 19.0 Å². The van der Waals surface area contributed by atoms with E-state index in [0.717, 1.165) is 47.6 Å². The molecule has 1 aliphatic rings. The summed E-state index contributed by atoms with van der Waals surface area (Å²) in [5.74, 6) is 1.72. The average molecular weight is 342 g/mol. The molecule has 0 spiro atoms. The van der Waals surface area contributed by atoms with Crippen LogP contribution >= 0.6 is 15.9 Å². The van der Waals surface area contributed by atoms with Crippen LogP contribution < -0.4 is 5.32 Å². The first kappa shape index (κ1) is 15.7. The number of aryl methyl sites for hydroxylation is 1. The summed E-state index contributed by atoms with van der Waals surface area (Å²) >= 11 is 3.58. The maximum Gasteiger partial charge on any atom is 0.162 e. The fraction of sp³-hybridized carbons (Fsp3) is 0.733. The van der Waals surface area contributed by atoms with E-state index in [1.807, 2.05) is 6.92 Å². The Hall–Kier alpha value is -0.680. The van der Waals surface area contributed by atoms with Gasteiger partial charge in [0, 0.05) is 13.7 Å². The minimum atomic E-state index is -0.299. The maximum absolute atomic E-state index is 5.85. The molecule has 1 aliphatic carbocycles. The number of ether oxygens (including phenoxy) is 1. The van der Waals surface area contributed by atoms with Crippen molar-refractivity contribution in [2.24, 2.45) is 0 Å². The Balaban J connectivity index is 2.37. The Morgan fingerprint density at radius 3 is 2.55 bits per heavy atom. The second-order valence-corrected chi connectivity index (χ2v) is 6.27. The van der Waals surface area contributed by atoms with Gasteiger partial charge in [-0.15, -0.1) is 0 Å². The number of anilines is 1. The van der Waals surface area contributed by atoms with E-state index in [1.165, 1.54) is 19.3 Å². The number of aromatic nitrogens is 2. The fourth-order valence-electron chi connectivity index (χ4n) is 2.77. The van der Waals surface area contributed by atoms with Gasteiger partial charge in [0.25, 0.3) is 0 Å². The van der Waals surface area contributed by atoms with Crippen molar-refractivity contribution in [1.29, 1.82) is 0 Å². The highest BCUT2D eigenvalue weighted by Crippen LogP contribution is 2.39. The normalized spacial score (nSPS) is 18.0. The van der Waals surface area contributed by atoms with E-state index < -0.39 is 0 Å². The molecular weight excluding hydrogens is 318 g/mol. The van der Waals surface area contributed by atoms with E-state index in [4.69, 9.17) is 9.72 Å². The molecule has 0 bridgehead atoms. The van der Waals surface area contributed by atoms with Crippen LogP contribution in [0.3, 0.4) is 0 Å². The van der Waals surface area contributed by atoms with Crippen LogP contribution in [0.2, 0.25) is 0 Å². The van der Waals surface area contributed by atoms with Gasteiger partial charge in [0.2, 0.25) is 0 Å². The first-order chi connectivity index (χ1) is 9.63. The lowest BCUT2D eigenvalue weighted by molar-refractivity contribution is -0.0515. The molecule has 0 saturated heterocycles. The highest BCUT2D eigenvalue weighted by Gasteiger charge is 2.37. The van der Waals surface area contributed by atoms with Gasteiger partial charge < -0.3 is 10.1 Å². The van der Waals surface area contributed by atoms with Gasteiger partial charge in [0.05, 0.1) is 10.2 Å². The lowest BCUT2D eigenvalue weighted by Gasteiger charge is -2.34. The molecule has 1 heterocycles. The lowest BCUT2D eigenvalue weighted by atomic mass is 9.84. The Labute approximate surface area is 129 Å². The van der Waals surface area contributed by atoms with Crippen LogP contribution in [-0.2, 0) is 10.3 Å². The standard InChI is InChI=1S/C15H24BrN3O/c1-4-10-17-13-12(16)11(2)18-14(19-13)15(20-3)8-6-5-7-9-15/h4-10H2,1-3H3,(H,17,18,19). The molecule has 1 aromatic rings. The zero-order valence-corrected chi connectivity index (χ0v) is 14.2. The van der Waals surface area contributed by atoms with E-state index >= 15 is 0 Å². The van der Waals surface area contributed by atoms with Crippen LogP contribution in [0.5, 0.6) is 0 Å². The third kappa shape index (κ3) is 3.14. The molecule has 20 heavy (non-hydrogen) atoms. The number of rotatable bonds is 5. The lowest BCUT2D eigenvalue weighted by Crippen LogP contribution is -2.34. The van der Waals surface area contributed by atoms with E-state index in [-0.39, 0.29) is 5.60 Å². The van der Waals surface area contributed by atoms with E-state index in [0.29, 0.717) is 0 Å². The summed E-state index contributed by atoms with van der Waals surface area (Å²) in [7, 11) is 1.78. The molecule has 0 unspecified atom stereocenters. The Morgan fingerprint density at radius 1 is 1.25 bits per heavy atom. The van der Waals surface area contributed by atoms with Crippen LogP contribution in [0.25, 0.3) is 0 Å². The third-order valence-corrected chi connectivity index (χ3v) is 4.97. The summed E-state index contributed by atoms with van der Waals surface area (Å²) in [6.45, 7) is 5.07. The summed E-state index contributed by atoms with van der Waals surface area (Å²) in [6.07, 6.45) is 6.74. The minimum Gasteiger partial charge on any atom is -0.370 e. The summed E-state index contributed by atoms with van der Waals surface area (Å²) in [5, 5.41) is 3.37. The quantitative estimate of drug-likeness (QED) is 0.872. The summed E-state index contributed by atoms with van der Waals surface area (Å²) in [5.41, 5.74) is 0.669. The first-order valence-electron chi connectivity index (χ1n) is 7.46. The van der Waals surface area contributed by atoms with Gasteiger partial charge in [0.1, 0.15) is 11.4 Å². The zero-order chi connectivity index (χ0) is 14.6. The summed E-state index contributed by atoms with van der Waals surface area (Å²) in [4.78, 5) is 9.43. The molecule has 2 rings (SSSR count). The van der Waals surface area contributed by atoms with E-state index in [2.05, 4.69) is 33.2 Å². The van der Waals surface area contributed by atoms with Crippen molar-refractivity contribution in [3.8, 4) is 0 Å². The monoisotopic (exact) mass is 341 g/mol. The van der Waals surface area contributed by atoms with Crippen molar-refractivity contribution < 1.29 is 4.74 Å². The third-order valence-electron chi connectivity index (χ3n) is 4.02. The average Bonchev–Trinajstić information content (AvgIpc) is 2.49. The molecule has 1 N–H and O–H groups in total. The van der Waals surface area contributed by atoms with Gasteiger partial charge in [-0.05, 0) is 42.1 Å². The Morgan fingerprint density at radius 2 is 1.95 bits per heavy atom. The SMILES string of the molecule is CCCNc1nc(C2(OC)CCCCC2)nc(C)c1Br. The van der Waals surface area contributed by atoms with Crippen LogP contribution in [0, 0.1) is 6.92 Å². The van der Waals surface area contributed by atoms with Gasteiger partial charge in [-0.1, -0.05) is 26.2 Å². The van der Waals surface area contributed by atoms with Crippen molar-refractivity contribution in [1.82, 2.24) is 9.97 Å². The largest absolute Gasteiger partial charge is 0.370 e. The second-order valence-electron chi connectivity index (χ2n) is 5.48. The van der Waals surface area contributed by atoms with Crippen molar-refractivity contribution in [3.63, 3.8) is 0 Å². The van der Waals surface area contributed by atoms with Crippen LogP contribution in [0.4, 0.5) is 5.82 Å². The number of methoxy groups -OCH3 is 1. The van der Waals surface area contributed by atoms with E-state index in [1.54, 1.807) is 7.11 Å². The smallest absolute Gasteiger partial charge is 0.162 e. The number of hydrogen-bond donors (Lipinski definition) is 1. The molecule has 1 fully saturated rings. The fourth-order valence-corrected chi connectivity index (χ4v) is 3.08. The highest BCUT2D eigenvalue weighted by molar-refractivity contribution is 9.10. The molecule has 112 valence electrons. The Kier molecular flexibility index (Phi) is 5.38. The van der Waals surface area contributed by atoms with Gasteiger partial charge in [-0.2, -0.15) is 0 Å². The van der Waals surface area contributed by atoms with Crippen LogP contribution in [0.1, 0.15) is 57.0 Å². The molecule has 0 atom stereocenters. The number of nitrogens with zero attached hydrogens (tertiary/aromatic N) is 2. The molecule has 5 heteroatoms.